The summed E-state index contributed by atoms with van der Waals surface area (Å²) in [6, 6.07) is 5.67. The van der Waals surface area contributed by atoms with Crippen molar-refractivity contribution < 1.29 is 9.90 Å². The summed E-state index contributed by atoms with van der Waals surface area (Å²) >= 11 is 0. The highest BCUT2D eigenvalue weighted by atomic mass is 16.3. The van der Waals surface area contributed by atoms with Crippen LogP contribution in [0.4, 0.5) is 4.79 Å². The van der Waals surface area contributed by atoms with Gasteiger partial charge in [-0.3, -0.25) is 4.98 Å². The van der Waals surface area contributed by atoms with Crippen LogP contribution in [-0.2, 0) is 6.42 Å². The first kappa shape index (κ1) is 16.7. The molecule has 3 N–H and O–H groups in total. The Labute approximate surface area is 132 Å². The zero-order valence-corrected chi connectivity index (χ0v) is 13.6. The maximum absolute atomic E-state index is 11.9. The van der Waals surface area contributed by atoms with Gasteiger partial charge in [-0.1, -0.05) is 25.3 Å². The third-order valence-corrected chi connectivity index (χ3v) is 4.20. The van der Waals surface area contributed by atoms with E-state index >= 15 is 0 Å². The largest absolute Gasteiger partial charge is 0.388 e. The second-order valence-corrected chi connectivity index (χ2v) is 6.49. The maximum Gasteiger partial charge on any atom is 0.315 e. The summed E-state index contributed by atoms with van der Waals surface area (Å²) in [5, 5.41) is 16.1. The number of aryl methyl sites for hydroxylation is 1. The Balaban J connectivity index is 1.74. The SMILES string of the molecule is Cc1cccc(CC(C)NC(=O)NCC2(O)CCCCC2)n1. The molecule has 2 amide bonds. The van der Waals surface area contributed by atoms with Crippen LogP contribution in [0.1, 0.15) is 50.4 Å². The molecule has 22 heavy (non-hydrogen) atoms. The average molecular weight is 305 g/mol. The molecule has 122 valence electrons. The van der Waals surface area contributed by atoms with Crippen LogP contribution >= 0.6 is 0 Å². The minimum absolute atomic E-state index is 0.00435. The number of urea groups is 1. The van der Waals surface area contributed by atoms with Gasteiger partial charge in [0.2, 0.25) is 0 Å². The van der Waals surface area contributed by atoms with Gasteiger partial charge in [0, 0.05) is 30.4 Å². The Kier molecular flexibility index (Phi) is 5.77. The summed E-state index contributed by atoms with van der Waals surface area (Å²) in [4.78, 5) is 16.4. The van der Waals surface area contributed by atoms with E-state index in [4.69, 9.17) is 0 Å². The third-order valence-electron chi connectivity index (χ3n) is 4.20. The fraction of sp³-hybridized carbons (Fsp3) is 0.647. The molecular weight excluding hydrogens is 278 g/mol. The van der Waals surface area contributed by atoms with Crippen LogP contribution in [-0.4, -0.2) is 34.3 Å². The van der Waals surface area contributed by atoms with Gasteiger partial charge in [-0.2, -0.15) is 0 Å². The second-order valence-electron chi connectivity index (χ2n) is 6.49. The second kappa shape index (κ2) is 7.58. The highest BCUT2D eigenvalue weighted by Gasteiger charge is 2.29. The van der Waals surface area contributed by atoms with Gasteiger partial charge in [0.25, 0.3) is 0 Å². The summed E-state index contributed by atoms with van der Waals surface area (Å²) in [7, 11) is 0. The van der Waals surface area contributed by atoms with Gasteiger partial charge in [-0.25, -0.2) is 4.79 Å². The van der Waals surface area contributed by atoms with Crippen LogP contribution in [0.15, 0.2) is 18.2 Å². The normalized spacial score (nSPS) is 18.5. The topological polar surface area (TPSA) is 74.2 Å². The van der Waals surface area contributed by atoms with Gasteiger partial charge in [-0.05, 0) is 38.8 Å². The lowest BCUT2D eigenvalue weighted by molar-refractivity contribution is 0.00713. The number of pyridine rings is 1. The van der Waals surface area contributed by atoms with Crippen LogP contribution < -0.4 is 10.6 Å². The fourth-order valence-corrected chi connectivity index (χ4v) is 2.98. The van der Waals surface area contributed by atoms with E-state index in [2.05, 4.69) is 15.6 Å². The smallest absolute Gasteiger partial charge is 0.315 e. The summed E-state index contributed by atoms with van der Waals surface area (Å²) in [5.74, 6) is 0. The molecule has 5 nitrogen and oxygen atoms in total. The number of nitrogens with one attached hydrogen (secondary N) is 2. The summed E-state index contributed by atoms with van der Waals surface area (Å²) in [6.07, 6.45) is 5.49. The Bertz CT molecular complexity index is 498. The van der Waals surface area contributed by atoms with Crippen molar-refractivity contribution in [1.82, 2.24) is 15.6 Å². The van der Waals surface area contributed by atoms with Gasteiger partial charge in [0.1, 0.15) is 0 Å². The van der Waals surface area contributed by atoms with Crippen molar-refractivity contribution in [3.8, 4) is 0 Å². The molecule has 1 aromatic rings. The number of aromatic nitrogens is 1. The Hall–Kier alpha value is -1.62. The molecule has 0 aromatic carbocycles. The lowest BCUT2D eigenvalue weighted by Gasteiger charge is -2.32. The fourth-order valence-electron chi connectivity index (χ4n) is 2.98. The summed E-state index contributed by atoms with van der Waals surface area (Å²) in [5.41, 5.74) is 1.23. The van der Waals surface area contributed by atoms with Gasteiger partial charge in [0.15, 0.2) is 0 Å². The molecule has 1 saturated carbocycles. The standard InChI is InChI=1S/C17H27N3O2/c1-13-7-6-8-15(19-13)11-14(2)20-16(21)18-12-17(22)9-4-3-5-10-17/h6-8,14,22H,3-5,9-12H2,1-2H3,(H2,18,20,21). The van der Waals surface area contributed by atoms with Gasteiger partial charge in [0.05, 0.1) is 5.60 Å². The first-order valence-corrected chi connectivity index (χ1v) is 8.16. The van der Waals surface area contributed by atoms with E-state index in [9.17, 15) is 9.90 Å². The molecular formula is C17H27N3O2. The number of rotatable bonds is 5. The zero-order valence-electron chi connectivity index (χ0n) is 13.6. The molecule has 1 aromatic heterocycles. The van der Waals surface area contributed by atoms with E-state index in [0.717, 1.165) is 37.1 Å². The minimum atomic E-state index is -0.725. The van der Waals surface area contributed by atoms with Crippen LogP contribution in [0, 0.1) is 6.92 Å². The molecule has 1 heterocycles. The van der Waals surface area contributed by atoms with Crippen molar-refractivity contribution in [3.05, 3.63) is 29.6 Å². The van der Waals surface area contributed by atoms with Gasteiger partial charge in [-0.15, -0.1) is 0 Å². The number of amides is 2. The van der Waals surface area contributed by atoms with E-state index < -0.39 is 5.60 Å². The Morgan fingerprint density at radius 1 is 1.36 bits per heavy atom. The summed E-state index contributed by atoms with van der Waals surface area (Å²) < 4.78 is 0. The van der Waals surface area contributed by atoms with Gasteiger partial charge < -0.3 is 15.7 Å². The van der Waals surface area contributed by atoms with E-state index in [-0.39, 0.29) is 12.1 Å². The van der Waals surface area contributed by atoms with Crippen LogP contribution in [0.3, 0.4) is 0 Å². The van der Waals surface area contributed by atoms with Crippen LogP contribution in [0.5, 0.6) is 0 Å². The number of nitrogens with zero attached hydrogens (tertiary/aromatic N) is 1. The quantitative estimate of drug-likeness (QED) is 0.781. The summed E-state index contributed by atoms with van der Waals surface area (Å²) in [6.45, 7) is 4.24. The molecule has 0 aliphatic heterocycles. The predicted molar refractivity (Wildman–Crippen MR) is 86.7 cm³/mol. The monoisotopic (exact) mass is 305 g/mol. The molecule has 1 atom stereocenters. The van der Waals surface area contributed by atoms with Crippen LogP contribution in [0.25, 0.3) is 0 Å². The number of hydrogen-bond acceptors (Lipinski definition) is 3. The molecule has 0 bridgehead atoms. The van der Waals surface area contributed by atoms with E-state index in [0.29, 0.717) is 13.0 Å². The number of carbonyl (C=O) groups is 1. The Morgan fingerprint density at radius 3 is 2.77 bits per heavy atom. The van der Waals surface area contributed by atoms with Gasteiger partial charge >= 0.3 is 6.03 Å². The van der Waals surface area contributed by atoms with E-state index in [1.807, 2.05) is 32.0 Å². The van der Waals surface area contributed by atoms with Crippen molar-refractivity contribution in [2.75, 3.05) is 6.54 Å². The van der Waals surface area contributed by atoms with Crippen molar-refractivity contribution in [1.29, 1.82) is 0 Å². The third kappa shape index (κ3) is 5.30. The zero-order chi connectivity index (χ0) is 16.0. The van der Waals surface area contributed by atoms with E-state index in [1.165, 1.54) is 6.42 Å². The number of carbonyl (C=O) groups excluding carboxylic acids is 1. The average Bonchev–Trinajstić information content (AvgIpc) is 2.46. The molecule has 1 fully saturated rings. The molecule has 1 aliphatic rings. The van der Waals surface area contributed by atoms with Crippen LogP contribution in [0.2, 0.25) is 0 Å². The van der Waals surface area contributed by atoms with Crippen molar-refractivity contribution >= 4 is 6.03 Å². The molecule has 5 heteroatoms. The first-order chi connectivity index (χ1) is 10.5. The minimum Gasteiger partial charge on any atom is -0.388 e. The molecule has 1 unspecified atom stereocenters. The highest BCUT2D eigenvalue weighted by Crippen LogP contribution is 2.27. The highest BCUT2D eigenvalue weighted by molar-refractivity contribution is 5.74. The van der Waals surface area contributed by atoms with Crippen molar-refractivity contribution in [2.45, 2.75) is 64.0 Å². The molecule has 0 saturated heterocycles. The molecule has 0 spiro atoms. The van der Waals surface area contributed by atoms with Crippen molar-refractivity contribution in [3.63, 3.8) is 0 Å². The molecule has 1 aliphatic carbocycles. The molecule has 0 radical (unpaired) electrons. The lowest BCUT2D eigenvalue weighted by atomic mass is 9.85. The number of aliphatic hydroxyl groups is 1. The van der Waals surface area contributed by atoms with E-state index in [1.54, 1.807) is 0 Å². The maximum atomic E-state index is 11.9. The Morgan fingerprint density at radius 2 is 2.09 bits per heavy atom. The number of hydrogen-bond donors (Lipinski definition) is 3. The first-order valence-electron chi connectivity index (χ1n) is 8.16. The predicted octanol–water partition coefficient (Wildman–Crippen LogP) is 2.32. The lowest BCUT2D eigenvalue weighted by Crippen LogP contribution is -2.49. The van der Waals surface area contributed by atoms with Crippen molar-refractivity contribution in [2.24, 2.45) is 0 Å². The molecule has 2 rings (SSSR count).